The molecule has 16 heavy (non-hydrogen) atoms. The predicted octanol–water partition coefficient (Wildman–Crippen LogP) is 2.56. The summed E-state index contributed by atoms with van der Waals surface area (Å²) >= 11 is 2.33. The molecule has 1 rings (SSSR count). The number of amides is 1. The van der Waals surface area contributed by atoms with Gasteiger partial charge in [-0.15, -0.1) is 0 Å². The molecule has 1 aromatic rings. The van der Waals surface area contributed by atoms with Crippen molar-refractivity contribution in [3.63, 3.8) is 0 Å². The average Bonchev–Trinajstić information content (AvgIpc) is 2.28. The van der Waals surface area contributed by atoms with Crippen molar-refractivity contribution in [3.8, 4) is 0 Å². The van der Waals surface area contributed by atoms with Gasteiger partial charge < -0.3 is 5.32 Å². The van der Waals surface area contributed by atoms with Gasteiger partial charge in [0.25, 0.3) is 5.91 Å². The number of pyridine rings is 1. The molecule has 0 atom stereocenters. The van der Waals surface area contributed by atoms with E-state index in [4.69, 9.17) is 0 Å². The van der Waals surface area contributed by atoms with Crippen LogP contribution in [0.15, 0.2) is 18.5 Å². The maximum atomic E-state index is 12.8. The van der Waals surface area contributed by atoms with Gasteiger partial charge in [-0.05, 0) is 23.3 Å². The third-order valence-corrected chi connectivity index (χ3v) is 2.83. The lowest BCUT2D eigenvalue weighted by atomic mass is 10.2. The number of alkyl halides is 1. The number of nitrogens with zero attached hydrogens (tertiary/aromatic N) is 1. The van der Waals surface area contributed by atoms with Crippen LogP contribution in [0.3, 0.4) is 0 Å². The highest BCUT2D eigenvalue weighted by molar-refractivity contribution is 14.1. The van der Waals surface area contributed by atoms with Crippen LogP contribution >= 0.6 is 22.6 Å². The first-order valence-corrected chi connectivity index (χ1v) is 6.71. The van der Waals surface area contributed by atoms with Crippen molar-refractivity contribution in [3.05, 3.63) is 29.8 Å². The SMILES string of the molecule is O=C(NCCCCCI)c1cncc(F)c1. The Morgan fingerprint density at radius 2 is 2.19 bits per heavy atom. The molecule has 0 aliphatic carbocycles. The Morgan fingerprint density at radius 1 is 1.38 bits per heavy atom. The molecule has 0 aliphatic heterocycles. The fourth-order valence-corrected chi connectivity index (χ4v) is 1.78. The number of halogens is 2. The number of nitrogens with one attached hydrogen (secondary N) is 1. The first-order chi connectivity index (χ1) is 7.74. The van der Waals surface area contributed by atoms with Crippen LogP contribution in [-0.2, 0) is 0 Å². The van der Waals surface area contributed by atoms with Crippen molar-refractivity contribution in [2.75, 3.05) is 11.0 Å². The number of unbranched alkanes of at least 4 members (excludes halogenated alkanes) is 2. The fraction of sp³-hybridized carbons (Fsp3) is 0.455. The van der Waals surface area contributed by atoms with E-state index in [0.29, 0.717) is 6.54 Å². The largest absolute Gasteiger partial charge is 0.352 e. The molecule has 0 saturated carbocycles. The molecule has 0 fully saturated rings. The molecule has 0 spiro atoms. The van der Waals surface area contributed by atoms with E-state index in [1.165, 1.54) is 12.3 Å². The maximum absolute atomic E-state index is 12.8. The second kappa shape index (κ2) is 7.54. The molecule has 0 unspecified atom stereocenters. The van der Waals surface area contributed by atoms with Crippen LogP contribution in [-0.4, -0.2) is 21.9 Å². The predicted molar refractivity (Wildman–Crippen MR) is 69.3 cm³/mol. The normalized spacial score (nSPS) is 10.1. The lowest BCUT2D eigenvalue weighted by Crippen LogP contribution is -2.24. The van der Waals surface area contributed by atoms with Gasteiger partial charge in [0.05, 0.1) is 11.8 Å². The molecule has 0 saturated heterocycles. The summed E-state index contributed by atoms with van der Waals surface area (Å²) in [5, 5.41) is 2.74. The number of hydrogen-bond acceptors (Lipinski definition) is 2. The molecule has 1 heterocycles. The van der Waals surface area contributed by atoms with E-state index in [2.05, 4.69) is 32.9 Å². The van der Waals surface area contributed by atoms with Gasteiger partial charge in [-0.2, -0.15) is 0 Å². The minimum Gasteiger partial charge on any atom is -0.352 e. The zero-order valence-corrected chi connectivity index (χ0v) is 11.0. The Hall–Kier alpha value is -0.720. The van der Waals surface area contributed by atoms with Crippen molar-refractivity contribution in [2.45, 2.75) is 19.3 Å². The van der Waals surface area contributed by atoms with E-state index in [1.54, 1.807) is 0 Å². The summed E-state index contributed by atoms with van der Waals surface area (Å²) in [7, 11) is 0. The number of aromatic nitrogens is 1. The third kappa shape index (κ3) is 4.87. The van der Waals surface area contributed by atoms with Crippen molar-refractivity contribution in [1.82, 2.24) is 10.3 Å². The highest BCUT2D eigenvalue weighted by Crippen LogP contribution is 2.01. The quantitative estimate of drug-likeness (QED) is 0.493. The van der Waals surface area contributed by atoms with Crippen molar-refractivity contribution in [2.24, 2.45) is 0 Å². The van der Waals surface area contributed by atoms with E-state index >= 15 is 0 Å². The molecule has 0 radical (unpaired) electrons. The van der Waals surface area contributed by atoms with Crippen LogP contribution in [0.2, 0.25) is 0 Å². The Morgan fingerprint density at radius 3 is 2.88 bits per heavy atom. The minimum atomic E-state index is -0.488. The Bertz CT molecular complexity index is 347. The zero-order chi connectivity index (χ0) is 11.8. The minimum absolute atomic E-state index is 0.263. The Kier molecular flexibility index (Phi) is 6.29. The van der Waals surface area contributed by atoms with E-state index < -0.39 is 5.82 Å². The summed E-state index contributed by atoms with van der Waals surface area (Å²) in [5.41, 5.74) is 0.272. The number of carbonyl (C=O) groups excluding carboxylic acids is 1. The molecule has 0 bridgehead atoms. The van der Waals surface area contributed by atoms with Gasteiger partial charge in [0.2, 0.25) is 0 Å². The van der Waals surface area contributed by atoms with Crippen LogP contribution in [0.1, 0.15) is 29.6 Å². The van der Waals surface area contributed by atoms with Gasteiger partial charge in [0, 0.05) is 12.7 Å². The molecule has 0 aliphatic rings. The summed E-state index contributed by atoms with van der Waals surface area (Å²) in [6, 6.07) is 1.19. The summed E-state index contributed by atoms with van der Waals surface area (Å²) in [4.78, 5) is 15.1. The molecule has 1 aromatic heterocycles. The van der Waals surface area contributed by atoms with Crippen LogP contribution in [0, 0.1) is 5.82 Å². The monoisotopic (exact) mass is 336 g/mol. The van der Waals surface area contributed by atoms with E-state index in [1.807, 2.05) is 0 Å². The van der Waals surface area contributed by atoms with E-state index in [9.17, 15) is 9.18 Å². The molecule has 0 aromatic carbocycles. The van der Waals surface area contributed by atoms with Crippen LogP contribution in [0.4, 0.5) is 4.39 Å². The van der Waals surface area contributed by atoms with E-state index in [0.717, 1.165) is 29.9 Å². The Labute approximate surface area is 108 Å². The zero-order valence-electron chi connectivity index (χ0n) is 8.88. The molecular weight excluding hydrogens is 322 g/mol. The lowest BCUT2D eigenvalue weighted by Gasteiger charge is -2.04. The van der Waals surface area contributed by atoms with Gasteiger partial charge >= 0.3 is 0 Å². The van der Waals surface area contributed by atoms with Crippen LogP contribution in [0.25, 0.3) is 0 Å². The lowest BCUT2D eigenvalue weighted by molar-refractivity contribution is 0.0952. The molecule has 1 N–H and O–H groups in total. The highest BCUT2D eigenvalue weighted by Gasteiger charge is 2.05. The third-order valence-electron chi connectivity index (χ3n) is 2.06. The molecule has 88 valence electrons. The summed E-state index contributed by atoms with van der Waals surface area (Å²) in [5.74, 6) is -0.751. The van der Waals surface area contributed by atoms with Crippen molar-refractivity contribution >= 4 is 28.5 Å². The molecule has 3 nitrogen and oxygen atoms in total. The first kappa shape index (κ1) is 13.3. The topological polar surface area (TPSA) is 42.0 Å². The number of hydrogen-bond donors (Lipinski definition) is 1. The number of carbonyl (C=O) groups is 1. The van der Waals surface area contributed by atoms with Gasteiger partial charge in [0.15, 0.2) is 0 Å². The second-order valence-corrected chi connectivity index (χ2v) is 4.48. The summed E-state index contributed by atoms with van der Waals surface area (Å²) < 4.78 is 13.9. The van der Waals surface area contributed by atoms with Crippen LogP contribution in [0.5, 0.6) is 0 Å². The second-order valence-electron chi connectivity index (χ2n) is 3.40. The fourth-order valence-electron chi connectivity index (χ4n) is 1.24. The standard InChI is InChI=1S/C11H14FIN2O/c12-10-6-9(7-14-8-10)11(16)15-5-3-1-2-4-13/h6-8H,1-5H2,(H,15,16). The number of rotatable bonds is 6. The highest BCUT2D eigenvalue weighted by atomic mass is 127. The van der Waals surface area contributed by atoms with Crippen LogP contribution < -0.4 is 5.32 Å². The summed E-state index contributed by atoms with van der Waals surface area (Å²) in [6.07, 6.45) is 5.67. The van der Waals surface area contributed by atoms with Crippen molar-refractivity contribution in [1.29, 1.82) is 0 Å². The maximum Gasteiger partial charge on any atom is 0.252 e. The van der Waals surface area contributed by atoms with Gasteiger partial charge in [-0.25, -0.2) is 4.39 Å². The van der Waals surface area contributed by atoms with Gasteiger partial charge in [0.1, 0.15) is 5.82 Å². The van der Waals surface area contributed by atoms with E-state index in [-0.39, 0.29) is 11.5 Å². The van der Waals surface area contributed by atoms with Crippen molar-refractivity contribution < 1.29 is 9.18 Å². The summed E-state index contributed by atoms with van der Waals surface area (Å²) in [6.45, 7) is 0.631. The van der Waals surface area contributed by atoms with Gasteiger partial charge in [-0.3, -0.25) is 9.78 Å². The van der Waals surface area contributed by atoms with Gasteiger partial charge in [-0.1, -0.05) is 29.0 Å². The smallest absolute Gasteiger partial charge is 0.252 e. The Balaban J connectivity index is 2.30. The molecular formula is C11H14FIN2O. The first-order valence-electron chi connectivity index (χ1n) is 5.19. The average molecular weight is 336 g/mol. The molecule has 1 amide bonds. The molecule has 5 heteroatoms.